The Morgan fingerprint density at radius 3 is 2.62 bits per heavy atom. The first-order chi connectivity index (χ1) is 10.2. The Morgan fingerprint density at radius 2 is 2.00 bits per heavy atom. The van der Waals surface area contributed by atoms with E-state index in [0.717, 1.165) is 6.42 Å². The van der Waals surface area contributed by atoms with Crippen LogP contribution in [-0.2, 0) is 13.0 Å². The van der Waals surface area contributed by atoms with Crippen LogP contribution in [0.15, 0.2) is 54.6 Å². The van der Waals surface area contributed by atoms with Gasteiger partial charge in [-0.25, -0.2) is 0 Å². The third-order valence-corrected chi connectivity index (χ3v) is 9.62. The summed E-state index contributed by atoms with van der Waals surface area (Å²) in [7, 11) is -3.97. The van der Waals surface area contributed by atoms with Gasteiger partial charge in [0.1, 0.15) is 0 Å². The molecule has 0 aromatic heterocycles. The summed E-state index contributed by atoms with van der Waals surface area (Å²) in [6.07, 6.45) is 11.3. The van der Waals surface area contributed by atoms with Crippen molar-refractivity contribution in [3.05, 3.63) is 54.6 Å². The van der Waals surface area contributed by atoms with Gasteiger partial charge in [-0.1, -0.05) is 54.6 Å². The molecule has 1 aromatic carbocycles. The summed E-state index contributed by atoms with van der Waals surface area (Å²) in [6.45, 7) is 4.20. The highest BCUT2D eigenvalue weighted by molar-refractivity contribution is 7.94. The quantitative estimate of drug-likeness (QED) is 0.329. The van der Waals surface area contributed by atoms with E-state index in [1.54, 1.807) is 0 Å². The van der Waals surface area contributed by atoms with E-state index in [-0.39, 0.29) is 5.54 Å². The van der Waals surface area contributed by atoms with Crippen LogP contribution in [0.1, 0.15) is 6.42 Å². The van der Waals surface area contributed by atoms with Crippen LogP contribution < -0.4 is 5.19 Å². The topological polar surface area (TPSA) is 27.7 Å². The van der Waals surface area contributed by atoms with Crippen LogP contribution in [-0.4, -0.2) is 23.9 Å². The normalized spacial score (nSPS) is 22.0. The van der Waals surface area contributed by atoms with E-state index in [1.165, 1.54) is 17.2 Å². The molecule has 0 saturated carbocycles. The van der Waals surface area contributed by atoms with Gasteiger partial charge in [-0.15, -0.1) is 0 Å². The van der Waals surface area contributed by atoms with Crippen molar-refractivity contribution in [3.63, 3.8) is 0 Å². The first-order valence-electron chi connectivity index (χ1n) is 7.10. The summed E-state index contributed by atoms with van der Waals surface area (Å²) in [5.41, 5.74) is 0.284. The standard InChI is InChI=1S/C15H22O3SSi2/c1-19-18-21(3,15-12-8-5-9-13-15)17-16-20(2)14-10-6-4-7-11-14/h4-12,15,20H,13H2,1-3H3. The average Bonchev–Trinajstić information content (AvgIpc) is 2.54. The average molecular weight is 339 g/mol. The van der Waals surface area contributed by atoms with Crippen LogP contribution in [0.4, 0.5) is 0 Å². The number of allylic oxidation sites excluding steroid dienone is 4. The van der Waals surface area contributed by atoms with Gasteiger partial charge in [0.2, 0.25) is 9.04 Å². The Hall–Kier alpha value is -0.636. The minimum Gasteiger partial charge on any atom is -0.324 e. The highest BCUT2D eigenvalue weighted by Gasteiger charge is 2.42. The fourth-order valence-electron chi connectivity index (χ4n) is 2.22. The molecule has 3 atom stereocenters. The van der Waals surface area contributed by atoms with Gasteiger partial charge < -0.3 is 3.87 Å². The summed E-state index contributed by atoms with van der Waals surface area (Å²) >= 11 is 1.36. The van der Waals surface area contributed by atoms with Crippen molar-refractivity contribution in [1.29, 1.82) is 0 Å². The van der Waals surface area contributed by atoms with E-state index >= 15 is 0 Å². The third kappa shape index (κ3) is 4.67. The fourth-order valence-corrected chi connectivity index (χ4v) is 7.51. The van der Waals surface area contributed by atoms with Crippen molar-refractivity contribution in [2.45, 2.75) is 25.1 Å². The van der Waals surface area contributed by atoms with Gasteiger partial charge in [0, 0.05) is 11.8 Å². The number of rotatable bonds is 7. The minimum atomic E-state index is -2.41. The molecular formula is C15H22O3SSi2. The third-order valence-electron chi connectivity index (χ3n) is 3.53. The smallest absolute Gasteiger partial charge is 0.324 e. The van der Waals surface area contributed by atoms with Crippen molar-refractivity contribution >= 4 is 34.8 Å². The highest BCUT2D eigenvalue weighted by atomic mass is 32.2. The van der Waals surface area contributed by atoms with Crippen LogP contribution in [0.2, 0.25) is 18.6 Å². The van der Waals surface area contributed by atoms with Crippen LogP contribution >= 0.6 is 12.0 Å². The molecule has 2 rings (SSSR count). The molecule has 0 spiro atoms. The molecule has 0 heterocycles. The molecule has 1 aliphatic carbocycles. The van der Waals surface area contributed by atoms with Gasteiger partial charge >= 0.3 is 8.56 Å². The van der Waals surface area contributed by atoms with Crippen molar-refractivity contribution in [2.24, 2.45) is 0 Å². The molecule has 0 radical (unpaired) electrons. The first kappa shape index (κ1) is 16.7. The zero-order valence-corrected chi connectivity index (χ0v) is 15.7. The van der Waals surface area contributed by atoms with E-state index in [0.29, 0.717) is 0 Å². The van der Waals surface area contributed by atoms with E-state index in [9.17, 15) is 0 Å². The van der Waals surface area contributed by atoms with E-state index in [4.69, 9.17) is 13.0 Å². The maximum absolute atomic E-state index is 5.90. The zero-order chi connectivity index (χ0) is 15.1. The van der Waals surface area contributed by atoms with E-state index < -0.39 is 17.6 Å². The molecule has 3 unspecified atom stereocenters. The Morgan fingerprint density at radius 1 is 1.24 bits per heavy atom. The largest absolute Gasteiger partial charge is 0.388 e. The summed E-state index contributed by atoms with van der Waals surface area (Å²) in [5.74, 6) is 0. The second kappa shape index (κ2) is 8.12. The molecule has 0 saturated heterocycles. The minimum absolute atomic E-state index is 0.284. The zero-order valence-electron chi connectivity index (χ0n) is 12.7. The molecule has 6 heteroatoms. The van der Waals surface area contributed by atoms with Crippen molar-refractivity contribution < 1.29 is 13.0 Å². The molecule has 0 bridgehead atoms. The van der Waals surface area contributed by atoms with Gasteiger partial charge in [0.15, 0.2) is 0 Å². The number of benzene rings is 1. The van der Waals surface area contributed by atoms with Crippen LogP contribution in [0.5, 0.6) is 0 Å². The maximum atomic E-state index is 5.90. The van der Waals surface area contributed by atoms with Crippen LogP contribution in [0.25, 0.3) is 0 Å². The highest BCUT2D eigenvalue weighted by Crippen LogP contribution is 2.34. The van der Waals surface area contributed by atoms with Crippen molar-refractivity contribution in [2.75, 3.05) is 6.26 Å². The molecule has 0 aliphatic heterocycles. The molecule has 1 aromatic rings. The molecule has 0 fully saturated rings. The summed E-state index contributed by atoms with van der Waals surface area (Å²) in [5, 5.41) is 1.23. The Balaban J connectivity index is 1.99. The lowest BCUT2D eigenvalue weighted by Gasteiger charge is -2.31. The summed E-state index contributed by atoms with van der Waals surface area (Å²) < 4.78 is 17.6. The molecule has 1 aliphatic rings. The van der Waals surface area contributed by atoms with Gasteiger partial charge in [-0.2, -0.15) is 0 Å². The molecule has 0 N–H and O–H groups in total. The predicted octanol–water partition coefficient (Wildman–Crippen LogP) is 3.45. The lowest BCUT2D eigenvalue weighted by Crippen LogP contribution is -2.44. The number of hydrogen-bond donors (Lipinski definition) is 0. The summed E-state index contributed by atoms with van der Waals surface area (Å²) in [6, 6.07) is 10.3. The first-order valence-corrected chi connectivity index (χ1v) is 12.8. The van der Waals surface area contributed by atoms with Crippen molar-refractivity contribution in [1.82, 2.24) is 0 Å². The van der Waals surface area contributed by atoms with Gasteiger partial charge in [-0.3, -0.25) is 9.15 Å². The molecule has 21 heavy (non-hydrogen) atoms. The Kier molecular flexibility index (Phi) is 6.47. The monoisotopic (exact) mass is 338 g/mol. The Bertz CT molecular complexity index is 495. The number of hydrogen-bond acceptors (Lipinski definition) is 4. The van der Waals surface area contributed by atoms with E-state index in [2.05, 4.69) is 49.5 Å². The lowest BCUT2D eigenvalue weighted by molar-refractivity contribution is -0.131. The molecular weight excluding hydrogens is 316 g/mol. The molecule has 0 amide bonds. The van der Waals surface area contributed by atoms with Gasteiger partial charge in [0.25, 0.3) is 0 Å². The Labute approximate surface area is 134 Å². The summed E-state index contributed by atoms with van der Waals surface area (Å²) in [4.78, 5) is 0. The van der Waals surface area contributed by atoms with Gasteiger partial charge in [-0.05, 0) is 36.7 Å². The van der Waals surface area contributed by atoms with Crippen molar-refractivity contribution in [3.8, 4) is 0 Å². The van der Waals surface area contributed by atoms with E-state index in [1.807, 2.05) is 24.5 Å². The molecule has 114 valence electrons. The van der Waals surface area contributed by atoms with Crippen LogP contribution in [0.3, 0.4) is 0 Å². The SMILES string of the molecule is CSO[Si](C)(OO[SiH](C)c1ccccc1)C1C=CC=CC1. The van der Waals surface area contributed by atoms with Crippen LogP contribution in [0, 0.1) is 0 Å². The second-order valence-corrected chi connectivity index (χ2v) is 11.2. The maximum Gasteiger partial charge on any atom is 0.388 e. The molecule has 3 nitrogen and oxygen atoms in total. The lowest BCUT2D eigenvalue weighted by atomic mass is 10.2. The predicted molar refractivity (Wildman–Crippen MR) is 94.1 cm³/mol. The van der Waals surface area contributed by atoms with Gasteiger partial charge in [0.05, 0.1) is 0 Å². The fraction of sp³-hybridized carbons (Fsp3) is 0.333. The second-order valence-electron chi connectivity index (χ2n) is 5.15.